The fraction of sp³-hybridized carbons (Fsp3) is 0.533. The lowest BCUT2D eigenvalue weighted by atomic mass is 10.0. The number of nitrogens with zero attached hydrogens (tertiary/aromatic N) is 1. The summed E-state index contributed by atoms with van der Waals surface area (Å²) in [5, 5.41) is 12.0. The van der Waals surface area contributed by atoms with Gasteiger partial charge in [0.2, 0.25) is 5.91 Å². The highest BCUT2D eigenvalue weighted by Crippen LogP contribution is 2.30. The van der Waals surface area contributed by atoms with Crippen LogP contribution in [0.25, 0.3) is 0 Å². The maximum Gasteiger partial charge on any atom is 0.416 e. The van der Waals surface area contributed by atoms with Gasteiger partial charge >= 0.3 is 6.18 Å². The van der Waals surface area contributed by atoms with Crippen LogP contribution in [0.2, 0.25) is 0 Å². The number of nitrogens with one attached hydrogen (secondary N) is 1. The van der Waals surface area contributed by atoms with E-state index in [9.17, 15) is 23.1 Å². The summed E-state index contributed by atoms with van der Waals surface area (Å²) in [6.07, 6.45) is -4.04. The molecule has 1 amide bonds. The summed E-state index contributed by atoms with van der Waals surface area (Å²) >= 11 is 0. The first-order valence-electron chi connectivity index (χ1n) is 7.13. The Kier molecular flexibility index (Phi) is 5.08. The Morgan fingerprint density at radius 3 is 2.82 bits per heavy atom. The minimum Gasteiger partial charge on any atom is -0.393 e. The van der Waals surface area contributed by atoms with Crippen molar-refractivity contribution >= 4 is 11.6 Å². The average molecular weight is 316 g/mol. The Bertz CT molecular complexity index is 532. The third-order valence-corrected chi connectivity index (χ3v) is 3.83. The van der Waals surface area contributed by atoms with Crippen molar-refractivity contribution in [1.82, 2.24) is 4.90 Å². The van der Waals surface area contributed by atoms with E-state index in [2.05, 4.69) is 5.32 Å². The normalized spacial score (nSPS) is 20.9. The first-order chi connectivity index (χ1) is 10.3. The smallest absolute Gasteiger partial charge is 0.393 e. The van der Waals surface area contributed by atoms with Crippen LogP contribution in [0.15, 0.2) is 24.3 Å². The van der Waals surface area contributed by atoms with Crippen molar-refractivity contribution in [3.8, 4) is 0 Å². The highest BCUT2D eigenvalue weighted by molar-refractivity contribution is 5.92. The Morgan fingerprint density at radius 1 is 1.50 bits per heavy atom. The van der Waals surface area contributed by atoms with E-state index < -0.39 is 17.8 Å². The number of carbonyl (C=O) groups is 1. The minimum absolute atomic E-state index is 0.111. The van der Waals surface area contributed by atoms with Crippen LogP contribution in [0, 0.1) is 5.92 Å². The van der Waals surface area contributed by atoms with E-state index >= 15 is 0 Å². The Balaban J connectivity index is 1.90. The predicted molar refractivity (Wildman–Crippen MR) is 76.3 cm³/mol. The summed E-state index contributed by atoms with van der Waals surface area (Å²) in [5.74, 6) is -0.216. The third-order valence-electron chi connectivity index (χ3n) is 3.83. The van der Waals surface area contributed by atoms with E-state index in [1.165, 1.54) is 12.1 Å². The molecule has 0 bridgehead atoms. The first kappa shape index (κ1) is 16.8. The standard InChI is InChI=1S/C15H19F3N2O2/c1-10(21)11-5-6-20(8-11)9-14(22)19-13-4-2-3-12(7-13)15(16,17)18/h2-4,7,10-11,21H,5-6,8-9H2,1H3,(H,19,22). The number of halogens is 3. The van der Waals surface area contributed by atoms with Gasteiger partial charge in [0, 0.05) is 12.2 Å². The third kappa shape index (κ3) is 4.45. The number of anilines is 1. The minimum atomic E-state index is -4.43. The van der Waals surface area contributed by atoms with Crippen molar-refractivity contribution < 1.29 is 23.1 Å². The molecule has 4 nitrogen and oxygen atoms in total. The summed E-state index contributed by atoms with van der Waals surface area (Å²) in [4.78, 5) is 13.8. The molecule has 2 atom stereocenters. The van der Waals surface area contributed by atoms with E-state index in [0.29, 0.717) is 13.1 Å². The molecule has 2 N–H and O–H groups in total. The quantitative estimate of drug-likeness (QED) is 0.896. The van der Waals surface area contributed by atoms with Crippen molar-refractivity contribution in [2.24, 2.45) is 5.92 Å². The first-order valence-corrected chi connectivity index (χ1v) is 7.13. The number of likely N-dealkylation sites (tertiary alicyclic amines) is 1. The maximum atomic E-state index is 12.6. The fourth-order valence-electron chi connectivity index (χ4n) is 2.58. The van der Waals surface area contributed by atoms with Gasteiger partial charge in [0.1, 0.15) is 0 Å². The maximum absolute atomic E-state index is 12.6. The molecule has 0 aromatic heterocycles. The van der Waals surface area contributed by atoms with E-state index in [1.807, 2.05) is 4.90 Å². The molecule has 1 fully saturated rings. The van der Waals surface area contributed by atoms with E-state index in [0.717, 1.165) is 18.6 Å². The second-order valence-corrected chi connectivity index (χ2v) is 5.65. The molecule has 7 heteroatoms. The van der Waals surface area contributed by atoms with E-state index in [-0.39, 0.29) is 24.1 Å². The highest BCUT2D eigenvalue weighted by Gasteiger charge is 2.31. The van der Waals surface area contributed by atoms with Crippen LogP contribution in [0.1, 0.15) is 18.9 Å². The number of hydrogen-bond donors (Lipinski definition) is 2. The second kappa shape index (κ2) is 6.66. The van der Waals surface area contributed by atoms with Gasteiger partial charge in [-0.25, -0.2) is 0 Å². The van der Waals surface area contributed by atoms with Gasteiger partial charge in [-0.2, -0.15) is 13.2 Å². The number of hydrogen-bond acceptors (Lipinski definition) is 3. The second-order valence-electron chi connectivity index (χ2n) is 5.65. The van der Waals surface area contributed by atoms with E-state index in [4.69, 9.17) is 0 Å². The number of carbonyl (C=O) groups excluding carboxylic acids is 1. The summed E-state index contributed by atoms with van der Waals surface area (Å²) in [5.41, 5.74) is -0.660. The van der Waals surface area contributed by atoms with Crippen LogP contribution < -0.4 is 5.32 Å². The highest BCUT2D eigenvalue weighted by atomic mass is 19.4. The molecule has 1 aliphatic heterocycles. The van der Waals surface area contributed by atoms with Crippen LogP contribution in [0.4, 0.5) is 18.9 Å². The van der Waals surface area contributed by atoms with Gasteiger partial charge in [0.05, 0.1) is 18.2 Å². The van der Waals surface area contributed by atoms with Gasteiger partial charge in [-0.1, -0.05) is 6.07 Å². The van der Waals surface area contributed by atoms with Gasteiger partial charge in [0.15, 0.2) is 0 Å². The molecule has 1 aromatic carbocycles. The van der Waals surface area contributed by atoms with Gasteiger partial charge in [-0.05, 0) is 44.0 Å². The number of rotatable bonds is 4. The van der Waals surface area contributed by atoms with Gasteiger partial charge in [-0.15, -0.1) is 0 Å². The number of aliphatic hydroxyl groups excluding tert-OH is 1. The van der Waals surface area contributed by atoms with Crippen LogP contribution in [-0.2, 0) is 11.0 Å². The molecule has 0 saturated carbocycles. The summed E-state index contributed by atoms with van der Waals surface area (Å²) in [7, 11) is 0. The zero-order chi connectivity index (χ0) is 16.3. The Hall–Kier alpha value is -1.60. The van der Waals surface area contributed by atoms with Gasteiger partial charge in [-0.3, -0.25) is 9.69 Å². The molecular weight excluding hydrogens is 297 g/mol. The molecule has 0 radical (unpaired) electrons. The van der Waals surface area contributed by atoms with Crippen LogP contribution in [-0.4, -0.2) is 41.7 Å². The number of benzene rings is 1. The van der Waals surface area contributed by atoms with Crippen molar-refractivity contribution in [3.63, 3.8) is 0 Å². The number of amides is 1. The Morgan fingerprint density at radius 2 is 2.23 bits per heavy atom. The number of alkyl halides is 3. The summed E-state index contributed by atoms with van der Waals surface area (Å²) in [6, 6.07) is 4.57. The van der Waals surface area contributed by atoms with Crippen molar-refractivity contribution in [3.05, 3.63) is 29.8 Å². The van der Waals surface area contributed by atoms with Crippen LogP contribution in [0.3, 0.4) is 0 Å². The molecule has 1 saturated heterocycles. The SMILES string of the molecule is CC(O)C1CCN(CC(=O)Nc2cccc(C(F)(F)F)c2)C1. The van der Waals surface area contributed by atoms with Crippen molar-refractivity contribution in [2.75, 3.05) is 25.0 Å². The Labute approximate surface area is 126 Å². The van der Waals surface area contributed by atoms with Crippen molar-refractivity contribution in [1.29, 1.82) is 0 Å². The largest absolute Gasteiger partial charge is 0.416 e. The predicted octanol–water partition coefficient (Wildman–Crippen LogP) is 2.35. The number of aliphatic hydroxyl groups is 1. The topological polar surface area (TPSA) is 52.6 Å². The molecule has 1 aliphatic rings. The molecule has 0 spiro atoms. The van der Waals surface area contributed by atoms with Crippen molar-refractivity contribution in [2.45, 2.75) is 25.6 Å². The van der Waals surface area contributed by atoms with E-state index in [1.54, 1.807) is 6.92 Å². The lowest BCUT2D eigenvalue weighted by molar-refractivity contribution is -0.137. The van der Waals surface area contributed by atoms with Gasteiger partial charge in [0.25, 0.3) is 0 Å². The molecule has 122 valence electrons. The molecular formula is C15H19F3N2O2. The summed E-state index contributed by atoms with van der Waals surface area (Å²) < 4.78 is 37.8. The molecule has 2 rings (SSSR count). The monoisotopic (exact) mass is 316 g/mol. The molecule has 0 aliphatic carbocycles. The average Bonchev–Trinajstić information content (AvgIpc) is 2.86. The fourth-order valence-corrected chi connectivity index (χ4v) is 2.58. The molecule has 1 heterocycles. The van der Waals surface area contributed by atoms with Crippen LogP contribution >= 0.6 is 0 Å². The molecule has 22 heavy (non-hydrogen) atoms. The van der Waals surface area contributed by atoms with Crippen LogP contribution in [0.5, 0.6) is 0 Å². The summed E-state index contributed by atoms with van der Waals surface area (Å²) in [6.45, 7) is 3.15. The molecule has 1 aromatic rings. The lowest BCUT2D eigenvalue weighted by Crippen LogP contribution is -2.32. The molecule has 2 unspecified atom stereocenters. The zero-order valence-electron chi connectivity index (χ0n) is 12.2. The zero-order valence-corrected chi connectivity index (χ0v) is 12.2. The lowest BCUT2D eigenvalue weighted by Gasteiger charge is -2.17. The van der Waals surface area contributed by atoms with Gasteiger partial charge < -0.3 is 10.4 Å².